The van der Waals surface area contributed by atoms with Crippen LogP contribution in [0.1, 0.15) is 12.0 Å². The third-order valence-corrected chi connectivity index (χ3v) is 1.99. The topological polar surface area (TPSA) is 38.9 Å². The molecule has 2 nitrogen and oxygen atoms in total. The van der Waals surface area contributed by atoms with E-state index in [2.05, 4.69) is 4.98 Å². The molecule has 0 aliphatic rings. The van der Waals surface area contributed by atoms with Crippen molar-refractivity contribution in [1.29, 1.82) is 0 Å². The number of hydrogen-bond acceptors (Lipinski definition) is 2. The van der Waals surface area contributed by atoms with Gasteiger partial charge in [-0.25, -0.2) is 13.8 Å². The monoisotopic (exact) mass is 224 g/mol. The molecule has 0 fully saturated rings. The van der Waals surface area contributed by atoms with E-state index in [0.717, 1.165) is 12.3 Å². The number of pyridine rings is 1. The van der Waals surface area contributed by atoms with Crippen molar-refractivity contribution in [2.24, 2.45) is 5.73 Å². The van der Waals surface area contributed by atoms with E-state index in [0.29, 0.717) is 0 Å². The molecule has 78 valence electrons. The Labute approximate surface area is 83.9 Å². The summed E-state index contributed by atoms with van der Waals surface area (Å²) in [6.07, 6.45) is 0.370. The van der Waals surface area contributed by atoms with Gasteiger partial charge in [0.05, 0.1) is 10.6 Å². The highest BCUT2D eigenvalue weighted by atomic mass is 35.5. The predicted molar refractivity (Wildman–Crippen MR) is 46.8 cm³/mol. The standard InChI is InChI=1S/C8H8ClF3N2/c9-5-1-4-14-7(10)6(5)8(11,12)2-3-13/h1,4H,2-3,13H2. The molecule has 1 rings (SSSR count). The molecule has 0 aromatic carbocycles. The second-order valence-corrected chi connectivity index (χ2v) is 3.11. The summed E-state index contributed by atoms with van der Waals surface area (Å²) in [5.74, 6) is -4.62. The van der Waals surface area contributed by atoms with Crippen molar-refractivity contribution in [2.45, 2.75) is 12.3 Å². The van der Waals surface area contributed by atoms with E-state index in [9.17, 15) is 13.2 Å². The van der Waals surface area contributed by atoms with Crippen LogP contribution in [0.25, 0.3) is 0 Å². The molecule has 1 aromatic rings. The fourth-order valence-corrected chi connectivity index (χ4v) is 1.32. The summed E-state index contributed by atoms with van der Waals surface area (Å²) in [7, 11) is 0. The van der Waals surface area contributed by atoms with Gasteiger partial charge in [0.25, 0.3) is 5.92 Å². The summed E-state index contributed by atoms with van der Waals surface area (Å²) in [5, 5.41) is -0.337. The molecule has 0 saturated heterocycles. The van der Waals surface area contributed by atoms with E-state index < -0.39 is 23.9 Å². The maximum absolute atomic E-state index is 13.2. The van der Waals surface area contributed by atoms with E-state index in [-0.39, 0.29) is 11.6 Å². The van der Waals surface area contributed by atoms with Crippen LogP contribution in [-0.2, 0) is 5.92 Å². The van der Waals surface area contributed by atoms with Gasteiger partial charge in [-0.3, -0.25) is 0 Å². The van der Waals surface area contributed by atoms with Crippen molar-refractivity contribution in [1.82, 2.24) is 4.98 Å². The van der Waals surface area contributed by atoms with E-state index >= 15 is 0 Å². The van der Waals surface area contributed by atoms with Crippen molar-refractivity contribution in [3.05, 3.63) is 28.8 Å². The zero-order valence-electron chi connectivity index (χ0n) is 7.11. The molecule has 0 radical (unpaired) electrons. The number of hydrogen-bond donors (Lipinski definition) is 1. The lowest BCUT2D eigenvalue weighted by Crippen LogP contribution is -2.21. The van der Waals surface area contributed by atoms with Gasteiger partial charge in [0.1, 0.15) is 0 Å². The van der Waals surface area contributed by atoms with Gasteiger partial charge in [-0.05, 0) is 12.6 Å². The molecule has 6 heteroatoms. The first-order valence-electron chi connectivity index (χ1n) is 3.87. The number of nitrogens with zero attached hydrogens (tertiary/aromatic N) is 1. The maximum atomic E-state index is 13.2. The minimum atomic E-state index is -3.37. The van der Waals surface area contributed by atoms with Crippen LogP contribution in [0.4, 0.5) is 13.2 Å². The van der Waals surface area contributed by atoms with Crippen LogP contribution in [0.3, 0.4) is 0 Å². The Morgan fingerprint density at radius 3 is 2.64 bits per heavy atom. The Bertz CT molecular complexity index is 310. The molecule has 1 aromatic heterocycles. The molecule has 0 bridgehead atoms. The number of alkyl halides is 2. The highest BCUT2D eigenvalue weighted by molar-refractivity contribution is 6.31. The Kier molecular flexibility index (Phi) is 3.34. The van der Waals surface area contributed by atoms with Crippen LogP contribution in [0.15, 0.2) is 12.3 Å². The molecule has 0 aliphatic heterocycles. The van der Waals surface area contributed by atoms with Crippen LogP contribution < -0.4 is 5.73 Å². The van der Waals surface area contributed by atoms with Crippen LogP contribution in [0.5, 0.6) is 0 Å². The first kappa shape index (κ1) is 11.3. The molecule has 14 heavy (non-hydrogen) atoms. The summed E-state index contributed by atoms with van der Waals surface area (Å²) < 4.78 is 39.4. The number of nitrogens with two attached hydrogens (primary N) is 1. The second kappa shape index (κ2) is 4.14. The zero-order chi connectivity index (χ0) is 10.8. The molecule has 0 atom stereocenters. The van der Waals surface area contributed by atoms with Crippen LogP contribution >= 0.6 is 11.6 Å². The summed E-state index contributed by atoms with van der Waals surface area (Å²) in [5.41, 5.74) is 4.10. The first-order valence-corrected chi connectivity index (χ1v) is 4.25. The van der Waals surface area contributed by atoms with Gasteiger partial charge in [0.15, 0.2) is 0 Å². The lowest BCUT2D eigenvalue weighted by molar-refractivity contribution is -0.0146. The lowest BCUT2D eigenvalue weighted by Gasteiger charge is -2.16. The normalized spacial score (nSPS) is 11.8. The van der Waals surface area contributed by atoms with E-state index in [1.54, 1.807) is 0 Å². The van der Waals surface area contributed by atoms with Crippen molar-refractivity contribution >= 4 is 11.6 Å². The fourth-order valence-electron chi connectivity index (χ4n) is 1.05. The maximum Gasteiger partial charge on any atom is 0.280 e. The zero-order valence-corrected chi connectivity index (χ0v) is 7.86. The smallest absolute Gasteiger partial charge is 0.280 e. The minimum Gasteiger partial charge on any atom is -0.330 e. The molecular weight excluding hydrogens is 217 g/mol. The molecule has 0 spiro atoms. The van der Waals surface area contributed by atoms with Crippen molar-refractivity contribution < 1.29 is 13.2 Å². The van der Waals surface area contributed by atoms with Gasteiger partial charge in [0.2, 0.25) is 5.95 Å². The molecule has 0 saturated carbocycles. The van der Waals surface area contributed by atoms with Crippen molar-refractivity contribution in [2.75, 3.05) is 6.54 Å². The number of halogens is 4. The van der Waals surface area contributed by atoms with Gasteiger partial charge < -0.3 is 5.73 Å². The molecular formula is C8H8ClF3N2. The van der Waals surface area contributed by atoms with E-state index in [4.69, 9.17) is 17.3 Å². The van der Waals surface area contributed by atoms with Gasteiger partial charge in [0, 0.05) is 12.6 Å². The van der Waals surface area contributed by atoms with Crippen molar-refractivity contribution in [3.63, 3.8) is 0 Å². The lowest BCUT2D eigenvalue weighted by atomic mass is 10.1. The minimum absolute atomic E-state index is 0.252. The predicted octanol–water partition coefficient (Wildman–Crippen LogP) is 2.31. The van der Waals surface area contributed by atoms with Crippen molar-refractivity contribution in [3.8, 4) is 0 Å². The van der Waals surface area contributed by atoms with Gasteiger partial charge >= 0.3 is 0 Å². The number of rotatable bonds is 3. The average molecular weight is 225 g/mol. The summed E-state index contributed by atoms with van der Waals surface area (Å²) in [6.45, 7) is -0.252. The summed E-state index contributed by atoms with van der Waals surface area (Å²) >= 11 is 5.45. The quantitative estimate of drug-likeness (QED) is 0.801. The molecule has 2 N–H and O–H groups in total. The Morgan fingerprint density at radius 2 is 2.14 bits per heavy atom. The summed E-state index contributed by atoms with van der Waals surface area (Å²) in [6, 6.07) is 1.12. The Morgan fingerprint density at radius 1 is 1.50 bits per heavy atom. The van der Waals surface area contributed by atoms with E-state index in [1.165, 1.54) is 0 Å². The fraction of sp³-hybridized carbons (Fsp3) is 0.375. The first-order chi connectivity index (χ1) is 6.49. The van der Waals surface area contributed by atoms with Gasteiger partial charge in [-0.15, -0.1) is 0 Å². The second-order valence-electron chi connectivity index (χ2n) is 2.70. The van der Waals surface area contributed by atoms with Gasteiger partial charge in [-0.1, -0.05) is 11.6 Å². The highest BCUT2D eigenvalue weighted by Gasteiger charge is 2.36. The van der Waals surface area contributed by atoms with Crippen LogP contribution in [0.2, 0.25) is 5.02 Å². The SMILES string of the molecule is NCCC(F)(F)c1c(Cl)ccnc1F. The number of aromatic nitrogens is 1. The molecule has 0 aliphatic carbocycles. The Hall–Kier alpha value is -0.810. The highest BCUT2D eigenvalue weighted by Crippen LogP contribution is 2.36. The van der Waals surface area contributed by atoms with Gasteiger partial charge in [-0.2, -0.15) is 4.39 Å². The third-order valence-electron chi connectivity index (χ3n) is 1.68. The molecule has 0 unspecified atom stereocenters. The average Bonchev–Trinajstić information content (AvgIpc) is 2.02. The van der Waals surface area contributed by atoms with Crippen LogP contribution in [-0.4, -0.2) is 11.5 Å². The molecule has 0 amide bonds. The van der Waals surface area contributed by atoms with E-state index in [1.807, 2.05) is 0 Å². The molecule has 1 heterocycles. The third kappa shape index (κ3) is 2.16. The summed E-state index contributed by atoms with van der Waals surface area (Å²) in [4.78, 5) is 3.12. The largest absolute Gasteiger partial charge is 0.330 e. The Balaban J connectivity index is 3.17. The van der Waals surface area contributed by atoms with Crippen LogP contribution in [0, 0.1) is 5.95 Å².